The number of halogens is 1. The van der Waals surface area contributed by atoms with Crippen LogP contribution in [0.2, 0.25) is 0 Å². The number of ether oxygens (including phenoxy) is 3. The zero-order valence-corrected chi connectivity index (χ0v) is 27.6. The van der Waals surface area contributed by atoms with Gasteiger partial charge in [-0.2, -0.15) is 0 Å². The summed E-state index contributed by atoms with van der Waals surface area (Å²) in [6.07, 6.45) is 1.43. The number of aliphatic hydroxyl groups excluding tert-OH is 1. The fraction of sp³-hybridized carbons (Fsp3) is 0.567. The highest BCUT2D eigenvalue weighted by Gasteiger charge is 2.44. The first-order valence-electron chi connectivity index (χ1n) is 15.7. The van der Waals surface area contributed by atoms with Gasteiger partial charge in [0.1, 0.15) is 11.3 Å². The van der Waals surface area contributed by atoms with Crippen LogP contribution in [-0.4, -0.2) is 98.5 Å². The minimum Gasteiger partial charge on any atom is -0.492 e. The number of rotatable bonds is 12. The molecule has 1 aliphatic carbocycles. The number of likely N-dealkylation sites (tertiary alicyclic amines) is 1. The smallest absolute Gasteiger partial charge is 0.413 e. The third-order valence-electron chi connectivity index (χ3n) is 8.86. The Hall–Kier alpha value is -4.25. The van der Waals surface area contributed by atoms with Crippen LogP contribution in [0.15, 0.2) is 17.1 Å². The highest BCUT2D eigenvalue weighted by molar-refractivity contribution is 7.52. The third-order valence-corrected chi connectivity index (χ3v) is 9.63. The summed E-state index contributed by atoms with van der Waals surface area (Å²) in [7, 11) is -3.58. The summed E-state index contributed by atoms with van der Waals surface area (Å²) in [6, 6.07) is 0.583. The van der Waals surface area contributed by atoms with E-state index in [0.29, 0.717) is 25.0 Å². The second-order valence-corrected chi connectivity index (χ2v) is 14.0. The number of aromatic nitrogens is 1. The number of methoxy groups -OCH3 is 1. The van der Waals surface area contributed by atoms with Gasteiger partial charge in [-0.3, -0.25) is 18.9 Å². The number of aromatic carboxylic acids is 1. The van der Waals surface area contributed by atoms with Crippen molar-refractivity contribution in [1.29, 1.82) is 0 Å². The average Bonchev–Trinajstić information content (AvgIpc) is 3.77. The van der Waals surface area contributed by atoms with Crippen LogP contribution < -0.4 is 20.4 Å². The van der Waals surface area contributed by atoms with E-state index in [1.807, 2.05) is 0 Å². The minimum absolute atomic E-state index is 0.0649. The van der Waals surface area contributed by atoms with Crippen LogP contribution in [0.4, 0.5) is 14.9 Å². The molecule has 2 saturated heterocycles. The van der Waals surface area contributed by atoms with Crippen LogP contribution in [0.5, 0.6) is 5.75 Å². The number of carboxylic acid groups (broad SMARTS) is 1. The molecule has 2 aromatic rings. The van der Waals surface area contributed by atoms with E-state index in [9.17, 15) is 38.8 Å². The molecule has 17 nitrogen and oxygen atoms in total. The maximum absolute atomic E-state index is 15.9. The molecule has 4 atom stereocenters. The van der Waals surface area contributed by atoms with E-state index < -0.39 is 66.6 Å². The Kier molecular flexibility index (Phi) is 10.5. The van der Waals surface area contributed by atoms with E-state index in [1.165, 1.54) is 25.1 Å². The number of amides is 2. The molecule has 3 heterocycles. The van der Waals surface area contributed by atoms with Crippen molar-refractivity contribution in [2.45, 2.75) is 76.2 Å². The van der Waals surface area contributed by atoms with Crippen molar-refractivity contribution in [3.05, 3.63) is 33.9 Å². The van der Waals surface area contributed by atoms with Crippen molar-refractivity contribution in [3.63, 3.8) is 0 Å². The monoisotopic (exact) mass is 712 g/mol. The summed E-state index contributed by atoms with van der Waals surface area (Å²) in [6.45, 7) is 2.23. The number of piperidine rings is 1. The number of aliphatic hydroxyl groups is 1. The summed E-state index contributed by atoms with van der Waals surface area (Å²) in [5.74, 6) is -6.20. The highest BCUT2D eigenvalue weighted by atomic mass is 31.2. The number of fused-ring (bicyclic) bond motifs is 2. The summed E-state index contributed by atoms with van der Waals surface area (Å²) in [5.41, 5.74) is -0.871. The standard InChI is InChI=1S/C30H38FN4O13P/c1-15(47-23(37)7-3-6-22(36)32-29(41)49(43,44)45)48-30(42)34-10-4-5-16-12-33(14-21(16)34)25-20(31)11-18-24(27(25)46-2)35(17-8-9-17)13-19(26(18)38)28(39)40/h11,13,15-17,21,29,41H,3-10,12,14H2,1-2H3,(H,32,36)(H,39,40)(H2,43,44,45)/t15?,16-,21+,29?/m0/s1. The number of carboxylic acids is 1. The molecular formula is C30H38FN4O13P. The SMILES string of the molecule is COc1c(N2C[C@@H]3CCCN(C(=O)OC(C)OC(=O)CCCC(=O)NC(O)P(=O)(O)O)[C@@H]3C2)c(F)cc2c(=O)c(C(=O)O)cn(C3CC3)c12. The van der Waals surface area contributed by atoms with Gasteiger partial charge in [0.15, 0.2) is 11.6 Å². The maximum atomic E-state index is 15.9. The number of hydrogen-bond donors (Lipinski definition) is 5. The van der Waals surface area contributed by atoms with Gasteiger partial charge in [-0.1, -0.05) is 0 Å². The topological polar surface area (TPSA) is 234 Å². The van der Waals surface area contributed by atoms with Gasteiger partial charge in [0.2, 0.25) is 23.6 Å². The minimum atomic E-state index is -4.93. The van der Waals surface area contributed by atoms with E-state index in [1.54, 1.807) is 14.8 Å². The molecule has 49 heavy (non-hydrogen) atoms. The van der Waals surface area contributed by atoms with Gasteiger partial charge in [0.05, 0.1) is 24.1 Å². The van der Waals surface area contributed by atoms with Crippen LogP contribution in [-0.2, 0) is 23.6 Å². The number of hydrogen-bond acceptors (Lipinski definition) is 11. The van der Waals surface area contributed by atoms with Crippen LogP contribution in [0, 0.1) is 11.7 Å². The van der Waals surface area contributed by atoms with Gasteiger partial charge in [-0.05, 0) is 44.1 Å². The zero-order chi connectivity index (χ0) is 35.8. The molecule has 268 valence electrons. The summed E-state index contributed by atoms with van der Waals surface area (Å²) >= 11 is 0. The lowest BCUT2D eigenvalue weighted by molar-refractivity contribution is -0.166. The molecule has 0 spiro atoms. The molecular weight excluding hydrogens is 674 g/mol. The van der Waals surface area contributed by atoms with Crippen molar-refractivity contribution in [3.8, 4) is 5.75 Å². The number of nitrogens with zero attached hydrogens (tertiary/aromatic N) is 3. The summed E-state index contributed by atoms with van der Waals surface area (Å²) < 4.78 is 44.7. The van der Waals surface area contributed by atoms with Gasteiger partial charge in [-0.15, -0.1) is 0 Å². The Bertz CT molecular complexity index is 1760. The summed E-state index contributed by atoms with van der Waals surface area (Å²) in [4.78, 5) is 83.0. The van der Waals surface area contributed by atoms with Crippen molar-refractivity contribution in [2.75, 3.05) is 31.6 Å². The molecule has 3 aliphatic rings. The predicted octanol–water partition coefficient (Wildman–Crippen LogP) is 1.85. The first-order chi connectivity index (χ1) is 23.1. The number of pyridine rings is 1. The Morgan fingerprint density at radius 1 is 1.12 bits per heavy atom. The molecule has 1 aromatic carbocycles. The summed E-state index contributed by atoms with van der Waals surface area (Å²) in [5, 5.41) is 20.5. The van der Waals surface area contributed by atoms with E-state index in [4.69, 9.17) is 24.0 Å². The van der Waals surface area contributed by atoms with Crippen LogP contribution in [0.25, 0.3) is 10.9 Å². The molecule has 2 amide bonds. The van der Waals surface area contributed by atoms with Gasteiger partial charge in [-0.25, -0.2) is 14.0 Å². The number of esters is 1. The maximum Gasteiger partial charge on any atom is 0.413 e. The van der Waals surface area contributed by atoms with Gasteiger partial charge in [0, 0.05) is 51.6 Å². The Balaban J connectivity index is 1.25. The third kappa shape index (κ3) is 7.82. The van der Waals surface area contributed by atoms with Crippen LogP contribution >= 0.6 is 7.60 Å². The number of anilines is 1. The number of carbonyl (C=O) groups excluding carboxylic acids is 3. The van der Waals surface area contributed by atoms with Gasteiger partial charge < -0.3 is 53.9 Å². The molecule has 2 aliphatic heterocycles. The lowest BCUT2D eigenvalue weighted by Crippen LogP contribution is -2.49. The zero-order valence-electron chi connectivity index (χ0n) is 26.7. The molecule has 0 bridgehead atoms. The number of nitrogens with one attached hydrogen (secondary N) is 1. The quantitative estimate of drug-likeness (QED) is 0.120. The first kappa shape index (κ1) is 36.0. The van der Waals surface area contributed by atoms with Crippen LogP contribution in [0.3, 0.4) is 0 Å². The highest BCUT2D eigenvalue weighted by Crippen LogP contribution is 2.45. The molecule has 1 aromatic heterocycles. The molecule has 5 rings (SSSR count). The largest absolute Gasteiger partial charge is 0.492 e. The predicted molar refractivity (Wildman–Crippen MR) is 167 cm³/mol. The average molecular weight is 713 g/mol. The van der Waals surface area contributed by atoms with Crippen molar-refractivity contribution < 1.29 is 62.3 Å². The molecule has 0 radical (unpaired) electrons. The molecule has 19 heteroatoms. The Morgan fingerprint density at radius 2 is 1.84 bits per heavy atom. The number of carbonyl (C=O) groups is 4. The fourth-order valence-corrected chi connectivity index (χ4v) is 6.80. The molecule has 1 saturated carbocycles. The van der Waals surface area contributed by atoms with Crippen LogP contribution in [0.1, 0.15) is 68.3 Å². The van der Waals surface area contributed by atoms with Crippen molar-refractivity contribution in [2.24, 2.45) is 5.92 Å². The Morgan fingerprint density at radius 3 is 2.47 bits per heavy atom. The molecule has 5 N–H and O–H groups in total. The van der Waals surface area contributed by atoms with E-state index in [0.717, 1.165) is 25.3 Å². The van der Waals surface area contributed by atoms with Crippen molar-refractivity contribution in [1.82, 2.24) is 14.8 Å². The van der Waals surface area contributed by atoms with Gasteiger partial charge >= 0.3 is 25.6 Å². The van der Waals surface area contributed by atoms with E-state index >= 15 is 4.39 Å². The second kappa shape index (κ2) is 14.3. The van der Waals surface area contributed by atoms with Gasteiger partial charge in [0.25, 0.3) is 0 Å². The first-order valence-corrected chi connectivity index (χ1v) is 17.4. The molecule has 3 fully saturated rings. The van der Waals surface area contributed by atoms with E-state index in [2.05, 4.69) is 0 Å². The fourth-order valence-electron chi connectivity index (χ4n) is 6.49. The second-order valence-electron chi connectivity index (χ2n) is 12.3. The van der Waals surface area contributed by atoms with Crippen molar-refractivity contribution >= 4 is 48.1 Å². The number of benzene rings is 1. The normalized spacial score (nSPS) is 20.4. The lowest BCUT2D eigenvalue weighted by atomic mass is 9.92. The Labute approximate surface area is 278 Å². The van der Waals surface area contributed by atoms with E-state index in [-0.39, 0.29) is 54.6 Å². The molecule has 2 unspecified atom stereocenters. The lowest BCUT2D eigenvalue weighted by Gasteiger charge is -2.36.